The van der Waals surface area contributed by atoms with Gasteiger partial charge in [0.2, 0.25) is 0 Å². The maximum atomic E-state index is 13.5. The van der Waals surface area contributed by atoms with Crippen LogP contribution in [0.2, 0.25) is 0 Å². The van der Waals surface area contributed by atoms with E-state index < -0.39 is 0 Å². The van der Waals surface area contributed by atoms with Crippen molar-refractivity contribution in [3.63, 3.8) is 0 Å². The summed E-state index contributed by atoms with van der Waals surface area (Å²) in [6.07, 6.45) is 1.81. The van der Waals surface area contributed by atoms with E-state index in [0.717, 1.165) is 61.0 Å². The number of aromatic hydroxyl groups is 1. The smallest absolute Gasteiger partial charge is 0.328 e. The maximum Gasteiger partial charge on any atom is 0.328 e. The number of benzene rings is 4. The number of nitrogens with zero attached hydrogens (tertiary/aromatic N) is 3. The average molecular weight is 561 g/mol. The van der Waals surface area contributed by atoms with Gasteiger partial charge in [-0.25, -0.2) is 14.8 Å². The molecule has 6 aromatic rings. The van der Waals surface area contributed by atoms with E-state index >= 15 is 0 Å². The van der Waals surface area contributed by atoms with E-state index in [1.807, 2.05) is 65.6 Å². The lowest BCUT2D eigenvalue weighted by atomic mass is 10.00. The molecule has 7 rings (SSSR count). The predicted octanol–water partition coefficient (Wildman–Crippen LogP) is 8.44. The van der Waals surface area contributed by atoms with Gasteiger partial charge in [0.05, 0.1) is 20.8 Å². The van der Waals surface area contributed by atoms with Gasteiger partial charge >= 0.3 is 6.03 Å². The fraction of sp³-hybridized carbons (Fsp3) is 0.0938. The summed E-state index contributed by atoms with van der Waals surface area (Å²) in [4.78, 5) is 25.9. The van der Waals surface area contributed by atoms with Gasteiger partial charge in [0.15, 0.2) is 5.13 Å². The molecule has 0 unspecified atom stereocenters. The minimum Gasteiger partial charge on any atom is -0.507 e. The Morgan fingerprint density at radius 1 is 0.850 bits per heavy atom. The minimum atomic E-state index is -0.184. The first kappa shape index (κ1) is 24.5. The molecule has 0 radical (unpaired) electrons. The molecule has 3 heterocycles. The number of hydrogen-bond donors (Lipinski definition) is 2. The van der Waals surface area contributed by atoms with Crippen molar-refractivity contribution >= 4 is 49.7 Å². The normalized spacial score (nSPS) is 12.8. The number of thiazole rings is 2. The molecule has 0 bridgehead atoms. The van der Waals surface area contributed by atoms with Gasteiger partial charge in [0, 0.05) is 23.4 Å². The Labute approximate surface area is 239 Å². The molecule has 0 aliphatic carbocycles. The number of phenolic OH excluding ortho intramolecular Hbond substituents is 1. The Morgan fingerprint density at radius 3 is 2.50 bits per heavy atom. The zero-order valence-corrected chi connectivity index (χ0v) is 23.0. The molecular formula is C32H24N4O2S2. The van der Waals surface area contributed by atoms with Gasteiger partial charge < -0.3 is 5.11 Å². The topological polar surface area (TPSA) is 78.4 Å². The second kappa shape index (κ2) is 10.2. The number of rotatable bonds is 4. The first-order valence-corrected chi connectivity index (χ1v) is 14.7. The Kier molecular flexibility index (Phi) is 6.26. The number of aryl methyl sites for hydroxylation is 1. The number of phenols is 1. The standard InChI is InChI=1S/C32H24N4O2S2/c37-26-14-6-4-12-23(26)28-29(21-9-2-1-3-10-21)40-30(34-28)22-17-16-20-11-8-18-36(25(20)19-22)32(38)35-31-33-24-13-5-7-15-27(24)39-31/h1-7,9-10,12-17,19,37H,8,11,18H2,(H,33,35,38). The van der Waals surface area contributed by atoms with Gasteiger partial charge in [-0.1, -0.05) is 78.1 Å². The van der Waals surface area contributed by atoms with Crippen molar-refractivity contribution in [1.29, 1.82) is 0 Å². The van der Waals surface area contributed by atoms with Crippen LogP contribution in [0.4, 0.5) is 15.6 Å². The number of urea groups is 1. The molecule has 1 aliphatic heterocycles. The van der Waals surface area contributed by atoms with E-state index in [2.05, 4.69) is 40.6 Å². The molecule has 0 atom stereocenters. The van der Waals surface area contributed by atoms with Crippen LogP contribution in [0.1, 0.15) is 12.0 Å². The van der Waals surface area contributed by atoms with Gasteiger partial charge in [0.1, 0.15) is 10.8 Å². The number of nitrogens with one attached hydrogen (secondary N) is 1. The highest BCUT2D eigenvalue weighted by molar-refractivity contribution is 7.22. The monoisotopic (exact) mass is 560 g/mol. The molecule has 8 heteroatoms. The molecule has 0 spiro atoms. The molecule has 0 saturated heterocycles. The van der Waals surface area contributed by atoms with Gasteiger partial charge in [-0.05, 0) is 54.3 Å². The van der Waals surface area contributed by atoms with Gasteiger partial charge in [-0.3, -0.25) is 10.2 Å². The van der Waals surface area contributed by atoms with E-state index in [1.54, 1.807) is 17.4 Å². The van der Waals surface area contributed by atoms with Crippen LogP contribution in [0.15, 0.2) is 97.1 Å². The Hall–Kier alpha value is -4.53. The molecule has 4 aromatic carbocycles. The summed E-state index contributed by atoms with van der Waals surface area (Å²) in [7, 11) is 0. The molecular weight excluding hydrogens is 537 g/mol. The highest BCUT2D eigenvalue weighted by Crippen LogP contribution is 2.44. The molecule has 0 fully saturated rings. The molecule has 40 heavy (non-hydrogen) atoms. The Balaban J connectivity index is 1.26. The zero-order chi connectivity index (χ0) is 27.1. The quantitative estimate of drug-likeness (QED) is 0.227. The summed E-state index contributed by atoms with van der Waals surface area (Å²) in [5.74, 6) is 0.194. The van der Waals surface area contributed by atoms with E-state index in [4.69, 9.17) is 4.98 Å². The van der Waals surface area contributed by atoms with Crippen LogP contribution in [0.5, 0.6) is 5.75 Å². The second-order valence-corrected chi connectivity index (χ2v) is 11.6. The second-order valence-electron chi connectivity index (χ2n) is 9.60. The summed E-state index contributed by atoms with van der Waals surface area (Å²) in [6, 6.07) is 31.3. The third kappa shape index (κ3) is 4.51. The number of anilines is 2. The minimum absolute atomic E-state index is 0.184. The first-order chi connectivity index (χ1) is 19.6. The van der Waals surface area contributed by atoms with Crippen LogP contribution in [-0.4, -0.2) is 27.7 Å². The molecule has 196 valence electrons. The number of hydrogen-bond acceptors (Lipinski definition) is 6. The summed E-state index contributed by atoms with van der Waals surface area (Å²) >= 11 is 3.06. The Bertz CT molecular complexity index is 1830. The highest BCUT2D eigenvalue weighted by atomic mass is 32.1. The van der Waals surface area contributed by atoms with E-state index in [-0.39, 0.29) is 11.8 Å². The number of carbonyl (C=O) groups excluding carboxylic acids is 1. The first-order valence-electron chi connectivity index (χ1n) is 13.1. The summed E-state index contributed by atoms with van der Waals surface area (Å²) < 4.78 is 1.04. The molecule has 1 aliphatic rings. The summed E-state index contributed by atoms with van der Waals surface area (Å²) in [5.41, 5.74) is 6.31. The van der Waals surface area contributed by atoms with Crippen molar-refractivity contribution in [1.82, 2.24) is 9.97 Å². The van der Waals surface area contributed by atoms with Crippen LogP contribution < -0.4 is 10.2 Å². The van der Waals surface area contributed by atoms with Crippen molar-refractivity contribution in [3.05, 3.63) is 103 Å². The predicted molar refractivity (Wildman–Crippen MR) is 164 cm³/mol. The molecule has 2 amide bonds. The van der Waals surface area contributed by atoms with Gasteiger partial charge in [-0.15, -0.1) is 11.3 Å². The van der Waals surface area contributed by atoms with Crippen molar-refractivity contribution in [3.8, 4) is 38.0 Å². The average Bonchev–Trinajstić information content (AvgIpc) is 3.61. The van der Waals surface area contributed by atoms with Crippen LogP contribution in [0.3, 0.4) is 0 Å². The fourth-order valence-corrected chi connectivity index (χ4v) is 7.03. The lowest BCUT2D eigenvalue weighted by Crippen LogP contribution is -2.38. The number of amides is 2. The highest BCUT2D eigenvalue weighted by Gasteiger charge is 2.25. The Morgan fingerprint density at radius 2 is 1.65 bits per heavy atom. The van der Waals surface area contributed by atoms with Crippen LogP contribution in [0, 0.1) is 0 Å². The molecule has 0 saturated carbocycles. The van der Waals surface area contributed by atoms with Gasteiger partial charge in [-0.2, -0.15) is 0 Å². The number of fused-ring (bicyclic) bond motifs is 2. The SMILES string of the molecule is O=C(Nc1nc2ccccc2s1)N1CCCc2ccc(-c3nc(-c4ccccc4O)c(-c4ccccc4)s3)cc21. The fourth-order valence-electron chi connectivity index (χ4n) is 5.09. The zero-order valence-electron chi connectivity index (χ0n) is 21.4. The van der Waals surface area contributed by atoms with Crippen molar-refractivity contribution in [2.75, 3.05) is 16.8 Å². The molecule has 2 aromatic heterocycles. The summed E-state index contributed by atoms with van der Waals surface area (Å²) in [6.45, 7) is 0.628. The van der Waals surface area contributed by atoms with Crippen LogP contribution in [-0.2, 0) is 6.42 Å². The third-order valence-electron chi connectivity index (χ3n) is 7.03. The van der Waals surface area contributed by atoms with Crippen molar-refractivity contribution < 1.29 is 9.90 Å². The van der Waals surface area contributed by atoms with E-state index in [0.29, 0.717) is 17.2 Å². The lowest BCUT2D eigenvalue weighted by molar-refractivity contribution is 0.256. The maximum absolute atomic E-state index is 13.5. The van der Waals surface area contributed by atoms with Crippen molar-refractivity contribution in [2.24, 2.45) is 0 Å². The van der Waals surface area contributed by atoms with Crippen LogP contribution in [0.25, 0.3) is 42.5 Å². The molecule has 2 N–H and O–H groups in total. The van der Waals surface area contributed by atoms with E-state index in [9.17, 15) is 9.90 Å². The van der Waals surface area contributed by atoms with Gasteiger partial charge in [0.25, 0.3) is 0 Å². The van der Waals surface area contributed by atoms with E-state index in [1.165, 1.54) is 11.3 Å². The molecule has 6 nitrogen and oxygen atoms in total. The number of carbonyl (C=O) groups is 1. The third-order valence-corrected chi connectivity index (χ3v) is 9.13. The lowest BCUT2D eigenvalue weighted by Gasteiger charge is -2.29. The summed E-state index contributed by atoms with van der Waals surface area (Å²) in [5, 5.41) is 15.1. The largest absolute Gasteiger partial charge is 0.507 e. The number of aromatic nitrogens is 2. The van der Waals surface area contributed by atoms with Crippen molar-refractivity contribution in [2.45, 2.75) is 12.8 Å². The number of para-hydroxylation sites is 2. The van der Waals surface area contributed by atoms with Crippen LogP contribution >= 0.6 is 22.7 Å².